The van der Waals surface area contributed by atoms with Gasteiger partial charge in [-0.3, -0.25) is 9.59 Å². The number of hydrogen-bond acceptors (Lipinski definition) is 3. The number of amides is 1. The summed E-state index contributed by atoms with van der Waals surface area (Å²) in [5.41, 5.74) is 1.73. The van der Waals surface area contributed by atoms with E-state index in [1.165, 1.54) is 0 Å². The van der Waals surface area contributed by atoms with Crippen LogP contribution < -0.4 is 0 Å². The number of benzene rings is 2. The van der Waals surface area contributed by atoms with E-state index in [0.717, 1.165) is 37.1 Å². The molecule has 0 aromatic heterocycles. The van der Waals surface area contributed by atoms with Crippen LogP contribution in [0.1, 0.15) is 29.9 Å². The average Bonchev–Trinajstić information content (AvgIpc) is 3.16. The van der Waals surface area contributed by atoms with Crippen LogP contribution >= 0.6 is 0 Å². The third-order valence-corrected chi connectivity index (χ3v) is 4.30. The van der Waals surface area contributed by atoms with Gasteiger partial charge in [-0.25, -0.2) is 0 Å². The third kappa shape index (κ3) is 3.82. The van der Waals surface area contributed by atoms with Gasteiger partial charge in [0.1, 0.15) is 5.92 Å². The zero-order chi connectivity index (χ0) is 16.8. The number of nitrogens with zero attached hydrogens (tertiary/aromatic N) is 1. The molecule has 0 aliphatic carbocycles. The first-order valence-electron chi connectivity index (χ1n) is 8.30. The van der Waals surface area contributed by atoms with Crippen molar-refractivity contribution in [3.63, 3.8) is 0 Å². The molecule has 0 unspecified atom stereocenters. The van der Waals surface area contributed by atoms with Crippen molar-refractivity contribution in [3.05, 3.63) is 71.8 Å². The molecule has 0 N–H and O–H groups in total. The van der Waals surface area contributed by atoms with E-state index < -0.39 is 5.92 Å². The Morgan fingerprint density at radius 2 is 1.38 bits per heavy atom. The zero-order valence-corrected chi connectivity index (χ0v) is 13.6. The molecule has 1 aliphatic heterocycles. The molecule has 1 aliphatic rings. The fraction of sp³-hybridized carbons (Fsp3) is 0.300. The highest BCUT2D eigenvalue weighted by atomic mass is 16.5. The third-order valence-electron chi connectivity index (χ3n) is 4.30. The monoisotopic (exact) mass is 323 g/mol. The summed E-state index contributed by atoms with van der Waals surface area (Å²) in [5.74, 6) is -1.01. The van der Waals surface area contributed by atoms with Gasteiger partial charge in [-0.1, -0.05) is 60.7 Å². The van der Waals surface area contributed by atoms with Crippen LogP contribution in [0.3, 0.4) is 0 Å². The fourth-order valence-electron chi connectivity index (χ4n) is 3.03. The lowest BCUT2D eigenvalue weighted by molar-refractivity contribution is -0.152. The van der Waals surface area contributed by atoms with Crippen molar-refractivity contribution in [2.24, 2.45) is 0 Å². The Labute approximate surface area is 142 Å². The topological polar surface area (TPSA) is 46.6 Å². The number of carbonyl (C=O) groups excluding carboxylic acids is 2. The normalized spacial score (nSPS) is 14.0. The van der Waals surface area contributed by atoms with Gasteiger partial charge >= 0.3 is 5.97 Å². The van der Waals surface area contributed by atoms with E-state index in [4.69, 9.17) is 4.74 Å². The maximum Gasteiger partial charge on any atom is 0.318 e. The summed E-state index contributed by atoms with van der Waals surface area (Å²) < 4.78 is 5.36. The minimum absolute atomic E-state index is 0.110. The lowest BCUT2D eigenvalue weighted by atomic mass is 9.91. The summed E-state index contributed by atoms with van der Waals surface area (Å²) in [4.78, 5) is 26.5. The molecule has 124 valence electrons. The van der Waals surface area contributed by atoms with E-state index >= 15 is 0 Å². The Hall–Kier alpha value is -2.62. The number of ether oxygens (including phenoxy) is 1. The van der Waals surface area contributed by atoms with Crippen LogP contribution in [0.25, 0.3) is 0 Å². The second-order valence-corrected chi connectivity index (χ2v) is 5.95. The van der Waals surface area contributed by atoms with Crippen LogP contribution in [0.4, 0.5) is 0 Å². The van der Waals surface area contributed by atoms with Crippen molar-refractivity contribution >= 4 is 11.9 Å². The van der Waals surface area contributed by atoms with Crippen molar-refractivity contribution in [3.8, 4) is 0 Å². The molecule has 1 fully saturated rings. The highest BCUT2D eigenvalue weighted by Gasteiger charge is 2.26. The van der Waals surface area contributed by atoms with Crippen molar-refractivity contribution in [2.75, 3.05) is 19.7 Å². The maximum atomic E-state index is 12.7. The van der Waals surface area contributed by atoms with Crippen LogP contribution in [0, 0.1) is 0 Å². The number of hydrogen-bond donors (Lipinski definition) is 0. The number of carbonyl (C=O) groups is 2. The fourth-order valence-corrected chi connectivity index (χ4v) is 3.03. The predicted octanol–water partition coefficient (Wildman–Crippen LogP) is 2.98. The molecule has 2 aromatic rings. The zero-order valence-electron chi connectivity index (χ0n) is 13.6. The molecule has 1 heterocycles. The first-order valence-corrected chi connectivity index (χ1v) is 8.30. The maximum absolute atomic E-state index is 12.7. The molecule has 1 amide bonds. The molecule has 3 rings (SSSR count). The van der Waals surface area contributed by atoms with Crippen LogP contribution in [0.15, 0.2) is 60.7 Å². The number of rotatable bonds is 5. The molecular formula is C20H21NO3. The van der Waals surface area contributed by atoms with Crippen molar-refractivity contribution < 1.29 is 14.3 Å². The van der Waals surface area contributed by atoms with Gasteiger partial charge in [0.05, 0.1) is 0 Å². The molecule has 0 saturated carbocycles. The summed E-state index contributed by atoms with van der Waals surface area (Å²) in [6.45, 7) is 1.34. The van der Waals surface area contributed by atoms with Crippen molar-refractivity contribution in [1.29, 1.82) is 0 Å². The Morgan fingerprint density at radius 3 is 1.88 bits per heavy atom. The molecular weight excluding hydrogens is 302 g/mol. The minimum atomic E-state index is -0.515. The molecule has 2 aromatic carbocycles. The van der Waals surface area contributed by atoms with Gasteiger partial charge in [0.2, 0.25) is 0 Å². The van der Waals surface area contributed by atoms with Crippen molar-refractivity contribution in [2.45, 2.75) is 18.8 Å². The molecule has 0 radical (unpaired) electrons. The smallest absolute Gasteiger partial charge is 0.318 e. The van der Waals surface area contributed by atoms with E-state index in [0.29, 0.717) is 0 Å². The Balaban J connectivity index is 1.73. The SMILES string of the molecule is O=C(OCC(=O)N1CCCC1)C(c1ccccc1)c1ccccc1. The average molecular weight is 323 g/mol. The van der Waals surface area contributed by atoms with Crippen LogP contribution in [0.5, 0.6) is 0 Å². The largest absolute Gasteiger partial charge is 0.455 e. The first-order chi connectivity index (χ1) is 11.8. The van der Waals surface area contributed by atoms with Gasteiger partial charge in [-0.2, -0.15) is 0 Å². The number of esters is 1. The first kappa shape index (κ1) is 16.2. The second-order valence-electron chi connectivity index (χ2n) is 5.95. The highest BCUT2D eigenvalue weighted by molar-refractivity contribution is 5.85. The molecule has 4 heteroatoms. The number of likely N-dealkylation sites (tertiary alicyclic amines) is 1. The van der Waals surface area contributed by atoms with Gasteiger partial charge < -0.3 is 9.64 Å². The van der Waals surface area contributed by atoms with E-state index in [9.17, 15) is 9.59 Å². The summed E-state index contributed by atoms with van der Waals surface area (Å²) in [7, 11) is 0. The predicted molar refractivity (Wildman–Crippen MR) is 91.5 cm³/mol. The lowest BCUT2D eigenvalue weighted by Gasteiger charge is -2.19. The standard InChI is InChI=1S/C20H21NO3/c22-18(21-13-7-8-14-21)15-24-20(23)19(16-9-3-1-4-10-16)17-11-5-2-6-12-17/h1-6,9-12,19H,7-8,13-15H2. The lowest BCUT2D eigenvalue weighted by Crippen LogP contribution is -2.33. The highest BCUT2D eigenvalue weighted by Crippen LogP contribution is 2.26. The summed E-state index contributed by atoms with van der Waals surface area (Å²) in [5, 5.41) is 0. The molecule has 1 saturated heterocycles. The van der Waals surface area contributed by atoms with E-state index in [1.807, 2.05) is 60.7 Å². The second kappa shape index (κ2) is 7.77. The Kier molecular flexibility index (Phi) is 5.26. The van der Waals surface area contributed by atoms with Gasteiger partial charge in [0, 0.05) is 13.1 Å². The molecule has 0 bridgehead atoms. The van der Waals surface area contributed by atoms with E-state index in [2.05, 4.69) is 0 Å². The molecule has 0 atom stereocenters. The summed E-state index contributed by atoms with van der Waals surface area (Å²) in [6.07, 6.45) is 2.05. The van der Waals surface area contributed by atoms with E-state index in [1.54, 1.807) is 4.90 Å². The Bertz CT molecular complexity index is 639. The summed E-state index contributed by atoms with van der Waals surface area (Å²) >= 11 is 0. The van der Waals surface area contributed by atoms with Gasteiger partial charge in [0.25, 0.3) is 5.91 Å². The van der Waals surface area contributed by atoms with Crippen LogP contribution in [-0.4, -0.2) is 36.5 Å². The van der Waals surface area contributed by atoms with Gasteiger partial charge in [-0.15, -0.1) is 0 Å². The van der Waals surface area contributed by atoms with Gasteiger partial charge in [0.15, 0.2) is 6.61 Å². The van der Waals surface area contributed by atoms with Gasteiger partial charge in [-0.05, 0) is 24.0 Å². The molecule has 24 heavy (non-hydrogen) atoms. The van der Waals surface area contributed by atoms with Crippen molar-refractivity contribution in [1.82, 2.24) is 4.90 Å². The molecule has 0 spiro atoms. The summed E-state index contributed by atoms with van der Waals surface area (Å²) in [6, 6.07) is 19.0. The van der Waals surface area contributed by atoms with E-state index in [-0.39, 0.29) is 18.5 Å². The van der Waals surface area contributed by atoms with Crippen LogP contribution in [0.2, 0.25) is 0 Å². The quantitative estimate of drug-likeness (QED) is 0.795. The molecule has 4 nitrogen and oxygen atoms in total. The minimum Gasteiger partial charge on any atom is -0.455 e. The van der Waals surface area contributed by atoms with Crippen LogP contribution in [-0.2, 0) is 14.3 Å². The Morgan fingerprint density at radius 1 is 0.875 bits per heavy atom.